The van der Waals surface area contributed by atoms with Gasteiger partial charge in [0.25, 0.3) is 0 Å². The maximum absolute atomic E-state index is 11.7. The smallest absolute Gasteiger partial charge is 0.161 e. The first-order valence-corrected chi connectivity index (χ1v) is 7.14. The zero-order chi connectivity index (χ0) is 13.1. The van der Waals surface area contributed by atoms with Gasteiger partial charge in [-0.3, -0.25) is 4.79 Å². The van der Waals surface area contributed by atoms with Gasteiger partial charge in [-0.2, -0.15) is 0 Å². The summed E-state index contributed by atoms with van der Waals surface area (Å²) in [6.07, 6.45) is 3.90. The summed E-state index contributed by atoms with van der Waals surface area (Å²) in [5.41, 5.74) is 2.72. The quantitative estimate of drug-likeness (QED) is 0.602. The van der Waals surface area contributed by atoms with Crippen LogP contribution in [0.2, 0.25) is 5.02 Å². The number of Topliss-reactive ketones (excluding diaryl/α,β-unsaturated/α-hetero) is 1. The second-order valence-corrected chi connectivity index (χ2v) is 5.30. The van der Waals surface area contributed by atoms with Crippen molar-refractivity contribution in [3.05, 3.63) is 47.2 Å². The average Bonchev–Trinajstić information content (AvgIpc) is 2.75. The van der Waals surface area contributed by atoms with Crippen LogP contribution in [0.4, 0.5) is 0 Å². The van der Waals surface area contributed by atoms with E-state index in [0.29, 0.717) is 5.02 Å². The highest BCUT2D eigenvalue weighted by Crippen LogP contribution is 2.26. The number of rotatable bonds is 4. The molecule has 0 aliphatic carbocycles. The summed E-state index contributed by atoms with van der Waals surface area (Å²) >= 11 is 9.28. The molecule has 0 bridgehead atoms. The Kier molecular flexibility index (Phi) is 4.25. The minimum atomic E-state index is 0.0771. The van der Waals surface area contributed by atoms with Crippen LogP contribution in [0.25, 0.3) is 11.1 Å². The van der Waals surface area contributed by atoms with Crippen molar-refractivity contribution in [2.75, 3.05) is 5.33 Å². The van der Waals surface area contributed by atoms with Crippen molar-refractivity contribution in [3.63, 3.8) is 0 Å². The van der Waals surface area contributed by atoms with Gasteiger partial charge >= 0.3 is 0 Å². The zero-order valence-electron chi connectivity index (χ0n) is 9.99. The number of alkyl halides is 1. The number of carbonyl (C=O) groups is 1. The number of aryl methyl sites for hydroxylation is 1. The zero-order valence-corrected chi connectivity index (χ0v) is 12.3. The highest BCUT2D eigenvalue weighted by atomic mass is 79.9. The number of carbonyl (C=O) groups excluding carboxylic acids is 1. The van der Waals surface area contributed by atoms with Crippen molar-refractivity contribution in [2.24, 2.45) is 0 Å². The predicted molar refractivity (Wildman–Crippen MR) is 78.7 cm³/mol. The lowest BCUT2D eigenvalue weighted by atomic mass is 10.0. The molecule has 2 aromatic rings. The van der Waals surface area contributed by atoms with Gasteiger partial charge in [-0.1, -0.05) is 39.7 Å². The van der Waals surface area contributed by atoms with Gasteiger partial charge in [0.2, 0.25) is 0 Å². The normalized spacial score (nSPS) is 10.6. The summed E-state index contributed by atoms with van der Waals surface area (Å²) < 4.78 is 2.02. The minimum absolute atomic E-state index is 0.0771. The molecule has 18 heavy (non-hydrogen) atoms. The Balaban J connectivity index is 2.47. The molecule has 0 saturated heterocycles. The third-order valence-corrected chi connectivity index (χ3v) is 3.36. The fourth-order valence-corrected chi connectivity index (χ4v) is 2.41. The van der Waals surface area contributed by atoms with Crippen LogP contribution in [-0.2, 0) is 6.54 Å². The van der Waals surface area contributed by atoms with Crippen molar-refractivity contribution < 1.29 is 4.79 Å². The second kappa shape index (κ2) is 5.72. The van der Waals surface area contributed by atoms with E-state index in [9.17, 15) is 4.79 Å². The van der Waals surface area contributed by atoms with Gasteiger partial charge in [-0.15, -0.1) is 0 Å². The molecule has 1 aromatic carbocycles. The van der Waals surface area contributed by atoms with Gasteiger partial charge in [-0.25, -0.2) is 0 Å². The number of ketones is 1. The standard InChI is InChI=1S/C14H13BrClNO/c1-10(18)13-8-17(7-6-15)9-14(13)11-2-4-12(16)5-3-11/h2-5,8-9H,6-7H2,1H3. The van der Waals surface area contributed by atoms with Gasteiger partial charge in [0, 0.05) is 40.4 Å². The van der Waals surface area contributed by atoms with Crippen LogP contribution in [0.5, 0.6) is 0 Å². The van der Waals surface area contributed by atoms with E-state index in [2.05, 4.69) is 15.9 Å². The minimum Gasteiger partial charge on any atom is -0.352 e. The summed E-state index contributed by atoms with van der Waals surface area (Å²) in [6, 6.07) is 7.54. The highest BCUT2D eigenvalue weighted by molar-refractivity contribution is 9.09. The van der Waals surface area contributed by atoms with Gasteiger partial charge < -0.3 is 4.57 Å². The Morgan fingerprint density at radius 3 is 2.50 bits per heavy atom. The highest BCUT2D eigenvalue weighted by Gasteiger charge is 2.12. The van der Waals surface area contributed by atoms with E-state index >= 15 is 0 Å². The first kappa shape index (κ1) is 13.4. The molecule has 0 amide bonds. The third kappa shape index (κ3) is 2.85. The summed E-state index contributed by atoms with van der Waals surface area (Å²) in [4.78, 5) is 11.7. The first-order valence-electron chi connectivity index (χ1n) is 5.64. The van der Waals surface area contributed by atoms with Crippen LogP contribution in [-0.4, -0.2) is 15.7 Å². The molecule has 0 spiro atoms. The number of benzene rings is 1. The number of hydrogen-bond donors (Lipinski definition) is 0. The molecule has 1 heterocycles. The summed E-state index contributed by atoms with van der Waals surface area (Å²) in [5, 5.41) is 1.56. The van der Waals surface area contributed by atoms with E-state index in [0.717, 1.165) is 28.6 Å². The molecule has 0 aliphatic heterocycles. The van der Waals surface area contributed by atoms with Crippen LogP contribution < -0.4 is 0 Å². The Labute approximate surface area is 120 Å². The van der Waals surface area contributed by atoms with Crippen molar-refractivity contribution in [1.29, 1.82) is 0 Å². The van der Waals surface area contributed by atoms with Gasteiger partial charge in [0.05, 0.1) is 0 Å². The van der Waals surface area contributed by atoms with Crippen LogP contribution in [0.15, 0.2) is 36.7 Å². The molecule has 0 N–H and O–H groups in total. The first-order chi connectivity index (χ1) is 8.61. The van der Waals surface area contributed by atoms with E-state index in [-0.39, 0.29) is 5.78 Å². The molecule has 2 nitrogen and oxygen atoms in total. The number of hydrogen-bond acceptors (Lipinski definition) is 1. The Hall–Kier alpha value is -1.06. The van der Waals surface area contributed by atoms with Crippen molar-refractivity contribution in [1.82, 2.24) is 4.57 Å². The number of nitrogens with zero attached hydrogens (tertiary/aromatic N) is 1. The van der Waals surface area contributed by atoms with E-state index in [4.69, 9.17) is 11.6 Å². The van der Waals surface area contributed by atoms with Gasteiger partial charge in [-0.05, 0) is 24.6 Å². The van der Waals surface area contributed by atoms with Crippen molar-refractivity contribution in [3.8, 4) is 11.1 Å². The molecule has 0 aliphatic rings. The van der Waals surface area contributed by atoms with Crippen LogP contribution >= 0.6 is 27.5 Å². The Bertz CT molecular complexity index is 560. The van der Waals surface area contributed by atoms with Gasteiger partial charge in [0.15, 0.2) is 5.78 Å². The molecule has 1 aromatic heterocycles. The lowest BCUT2D eigenvalue weighted by Crippen LogP contribution is -1.95. The molecule has 0 saturated carbocycles. The molecule has 0 radical (unpaired) electrons. The molecule has 0 fully saturated rings. The van der Waals surface area contributed by atoms with Crippen molar-refractivity contribution in [2.45, 2.75) is 13.5 Å². The average molecular weight is 327 g/mol. The number of halogens is 2. The molecule has 2 rings (SSSR count). The summed E-state index contributed by atoms with van der Waals surface area (Å²) in [5.74, 6) is 0.0771. The number of aromatic nitrogens is 1. The largest absolute Gasteiger partial charge is 0.352 e. The summed E-state index contributed by atoms with van der Waals surface area (Å²) in [6.45, 7) is 2.43. The van der Waals surface area contributed by atoms with Crippen molar-refractivity contribution >= 4 is 33.3 Å². The fourth-order valence-electron chi connectivity index (χ4n) is 1.87. The molecular weight excluding hydrogens is 314 g/mol. The SMILES string of the molecule is CC(=O)c1cn(CCBr)cc1-c1ccc(Cl)cc1. The van der Waals surface area contributed by atoms with E-state index in [1.165, 1.54) is 0 Å². The molecule has 94 valence electrons. The molecule has 4 heteroatoms. The van der Waals surface area contributed by atoms with E-state index in [1.807, 2.05) is 41.2 Å². The maximum atomic E-state index is 11.7. The molecule has 0 atom stereocenters. The molecule has 0 unspecified atom stereocenters. The monoisotopic (exact) mass is 325 g/mol. The van der Waals surface area contributed by atoms with Gasteiger partial charge in [0.1, 0.15) is 0 Å². The van der Waals surface area contributed by atoms with E-state index in [1.54, 1.807) is 6.92 Å². The van der Waals surface area contributed by atoms with E-state index < -0.39 is 0 Å². The predicted octanol–water partition coefficient (Wildman–Crippen LogP) is 4.41. The second-order valence-electron chi connectivity index (χ2n) is 4.08. The maximum Gasteiger partial charge on any atom is 0.161 e. The van der Waals surface area contributed by atoms with Crippen LogP contribution in [0.1, 0.15) is 17.3 Å². The fraction of sp³-hybridized carbons (Fsp3) is 0.214. The Morgan fingerprint density at radius 2 is 1.94 bits per heavy atom. The Morgan fingerprint density at radius 1 is 1.28 bits per heavy atom. The summed E-state index contributed by atoms with van der Waals surface area (Å²) in [7, 11) is 0. The third-order valence-electron chi connectivity index (χ3n) is 2.76. The lowest BCUT2D eigenvalue weighted by molar-refractivity contribution is 0.101. The molecular formula is C14H13BrClNO. The van der Waals surface area contributed by atoms with Crippen LogP contribution in [0, 0.1) is 0 Å². The van der Waals surface area contributed by atoms with Crippen LogP contribution in [0.3, 0.4) is 0 Å². The topological polar surface area (TPSA) is 22.0 Å². The lowest BCUT2D eigenvalue weighted by Gasteiger charge is -2.01.